The molecule has 82 valence electrons. The first kappa shape index (κ1) is 11.6. The monoisotopic (exact) mass is 198 g/mol. The van der Waals surface area contributed by atoms with Crippen LogP contribution in [0.25, 0.3) is 0 Å². The van der Waals surface area contributed by atoms with Crippen molar-refractivity contribution in [1.29, 1.82) is 0 Å². The summed E-state index contributed by atoms with van der Waals surface area (Å²) < 4.78 is 0. The Hall–Kier alpha value is -0.450. The van der Waals surface area contributed by atoms with Gasteiger partial charge in [0.25, 0.3) is 0 Å². The van der Waals surface area contributed by atoms with E-state index < -0.39 is 0 Å². The molecule has 0 radical (unpaired) electrons. The van der Waals surface area contributed by atoms with Crippen molar-refractivity contribution in [2.75, 3.05) is 45.8 Å². The third-order valence-corrected chi connectivity index (χ3v) is 2.21. The van der Waals surface area contributed by atoms with Gasteiger partial charge in [0.1, 0.15) is 0 Å². The number of aliphatic imine (C=N–C) groups is 1. The SMILES string of the molecule is C1=NCCCCNCCNCCNC1. The van der Waals surface area contributed by atoms with E-state index >= 15 is 0 Å². The fourth-order valence-corrected chi connectivity index (χ4v) is 1.38. The summed E-state index contributed by atoms with van der Waals surface area (Å²) in [7, 11) is 0. The highest BCUT2D eigenvalue weighted by atomic mass is 15.0. The van der Waals surface area contributed by atoms with E-state index in [1.165, 1.54) is 12.8 Å². The molecule has 0 fully saturated rings. The fourth-order valence-electron chi connectivity index (χ4n) is 1.38. The summed E-state index contributed by atoms with van der Waals surface area (Å²) in [6.45, 7) is 7.19. The second kappa shape index (κ2) is 9.12. The Morgan fingerprint density at radius 2 is 1.50 bits per heavy atom. The lowest BCUT2D eigenvalue weighted by Crippen LogP contribution is -2.33. The van der Waals surface area contributed by atoms with Crippen LogP contribution in [0.1, 0.15) is 12.8 Å². The number of nitrogens with one attached hydrogen (secondary N) is 3. The Labute approximate surface area is 86.6 Å². The minimum Gasteiger partial charge on any atom is -0.315 e. The molecule has 1 aliphatic heterocycles. The van der Waals surface area contributed by atoms with Crippen LogP contribution < -0.4 is 16.0 Å². The van der Waals surface area contributed by atoms with E-state index in [1.54, 1.807) is 0 Å². The Balaban J connectivity index is 2.09. The standard InChI is InChI=1S/C10H22N4/c1-2-4-12-6-8-14-10-9-13-7-5-11-3-1/h5,12-14H,1-4,6-10H2. The largest absolute Gasteiger partial charge is 0.315 e. The maximum atomic E-state index is 4.32. The lowest BCUT2D eigenvalue weighted by molar-refractivity contribution is 0.575. The van der Waals surface area contributed by atoms with Crippen molar-refractivity contribution in [3.8, 4) is 0 Å². The van der Waals surface area contributed by atoms with Gasteiger partial charge in [0.05, 0.1) is 0 Å². The molecule has 3 N–H and O–H groups in total. The zero-order valence-corrected chi connectivity index (χ0v) is 8.89. The van der Waals surface area contributed by atoms with Crippen LogP contribution in [0.5, 0.6) is 0 Å². The molecule has 0 aliphatic carbocycles. The average molecular weight is 198 g/mol. The van der Waals surface area contributed by atoms with E-state index in [-0.39, 0.29) is 0 Å². The van der Waals surface area contributed by atoms with Gasteiger partial charge < -0.3 is 16.0 Å². The van der Waals surface area contributed by atoms with E-state index in [1.807, 2.05) is 6.21 Å². The molecule has 1 aliphatic rings. The van der Waals surface area contributed by atoms with Crippen LogP contribution >= 0.6 is 0 Å². The Morgan fingerprint density at radius 1 is 0.786 bits per heavy atom. The van der Waals surface area contributed by atoms with Gasteiger partial charge in [-0.15, -0.1) is 0 Å². The molecule has 0 aromatic rings. The molecule has 0 saturated heterocycles. The molecule has 0 aromatic heterocycles. The maximum Gasteiger partial charge on any atom is 0.0386 e. The first-order valence-electron chi connectivity index (χ1n) is 5.60. The highest BCUT2D eigenvalue weighted by Gasteiger charge is 1.90. The van der Waals surface area contributed by atoms with Crippen LogP contribution in [0.2, 0.25) is 0 Å². The van der Waals surface area contributed by atoms with Crippen LogP contribution in [0.3, 0.4) is 0 Å². The molecule has 0 bridgehead atoms. The number of hydrogen-bond acceptors (Lipinski definition) is 4. The van der Waals surface area contributed by atoms with Crippen molar-refractivity contribution in [1.82, 2.24) is 16.0 Å². The molecule has 4 nitrogen and oxygen atoms in total. The second-order valence-electron chi connectivity index (χ2n) is 3.50. The lowest BCUT2D eigenvalue weighted by Gasteiger charge is -2.07. The van der Waals surface area contributed by atoms with Crippen molar-refractivity contribution in [2.24, 2.45) is 4.99 Å². The molecular formula is C10H22N4. The Kier molecular flexibility index (Phi) is 7.57. The highest BCUT2D eigenvalue weighted by Crippen LogP contribution is 1.86. The fraction of sp³-hybridized carbons (Fsp3) is 0.900. The molecule has 0 saturated carbocycles. The van der Waals surface area contributed by atoms with Gasteiger partial charge >= 0.3 is 0 Å². The van der Waals surface area contributed by atoms with Crippen molar-refractivity contribution in [3.05, 3.63) is 0 Å². The minimum absolute atomic E-state index is 0.903. The molecule has 0 unspecified atom stereocenters. The van der Waals surface area contributed by atoms with Gasteiger partial charge in [-0.2, -0.15) is 0 Å². The van der Waals surface area contributed by atoms with Gasteiger partial charge in [-0.25, -0.2) is 0 Å². The van der Waals surface area contributed by atoms with Gasteiger partial charge in [-0.1, -0.05) is 0 Å². The van der Waals surface area contributed by atoms with Gasteiger partial charge in [0.15, 0.2) is 0 Å². The van der Waals surface area contributed by atoms with Crippen molar-refractivity contribution >= 4 is 6.21 Å². The first-order valence-corrected chi connectivity index (χ1v) is 5.60. The van der Waals surface area contributed by atoms with Crippen LogP contribution in [0.15, 0.2) is 4.99 Å². The quantitative estimate of drug-likeness (QED) is 0.497. The van der Waals surface area contributed by atoms with Crippen molar-refractivity contribution in [2.45, 2.75) is 12.8 Å². The zero-order chi connectivity index (χ0) is 9.90. The van der Waals surface area contributed by atoms with E-state index in [9.17, 15) is 0 Å². The van der Waals surface area contributed by atoms with E-state index in [4.69, 9.17) is 0 Å². The summed E-state index contributed by atoms with van der Waals surface area (Å²) in [4.78, 5) is 4.32. The van der Waals surface area contributed by atoms with Crippen LogP contribution in [0, 0.1) is 0 Å². The lowest BCUT2D eigenvalue weighted by atomic mass is 10.3. The smallest absolute Gasteiger partial charge is 0.0386 e. The summed E-state index contributed by atoms with van der Waals surface area (Å²) in [5.74, 6) is 0. The van der Waals surface area contributed by atoms with E-state index in [2.05, 4.69) is 20.9 Å². The second-order valence-corrected chi connectivity index (χ2v) is 3.50. The summed E-state index contributed by atoms with van der Waals surface area (Å²) >= 11 is 0. The Morgan fingerprint density at radius 3 is 2.36 bits per heavy atom. The summed E-state index contributed by atoms with van der Waals surface area (Å²) in [5, 5.41) is 10.1. The van der Waals surface area contributed by atoms with Gasteiger partial charge in [0.2, 0.25) is 0 Å². The van der Waals surface area contributed by atoms with Gasteiger partial charge in [0, 0.05) is 45.5 Å². The third kappa shape index (κ3) is 7.00. The van der Waals surface area contributed by atoms with Crippen LogP contribution in [-0.2, 0) is 0 Å². The molecule has 0 amide bonds. The van der Waals surface area contributed by atoms with Crippen LogP contribution in [-0.4, -0.2) is 52.0 Å². The van der Waals surface area contributed by atoms with Crippen LogP contribution in [0.4, 0.5) is 0 Å². The molecule has 0 spiro atoms. The average Bonchev–Trinajstić information content (AvgIpc) is 2.22. The first-order chi connectivity index (χ1) is 7.00. The predicted molar refractivity (Wildman–Crippen MR) is 61.2 cm³/mol. The summed E-state index contributed by atoms with van der Waals surface area (Å²) in [6, 6.07) is 0. The van der Waals surface area contributed by atoms with Gasteiger partial charge in [-0.05, 0) is 19.4 Å². The summed E-state index contributed by atoms with van der Waals surface area (Å²) in [6.07, 6.45) is 4.40. The number of nitrogens with zero attached hydrogens (tertiary/aromatic N) is 1. The summed E-state index contributed by atoms with van der Waals surface area (Å²) in [5.41, 5.74) is 0. The normalized spacial score (nSPS) is 22.9. The molecule has 0 aromatic carbocycles. The molecule has 0 atom stereocenters. The zero-order valence-electron chi connectivity index (χ0n) is 8.89. The molecule has 4 heteroatoms. The molecule has 14 heavy (non-hydrogen) atoms. The van der Waals surface area contributed by atoms with Crippen molar-refractivity contribution in [3.63, 3.8) is 0 Å². The number of hydrogen-bond donors (Lipinski definition) is 3. The van der Waals surface area contributed by atoms with E-state index in [0.29, 0.717) is 0 Å². The van der Waals surface area contributed by atoms with E-state index in [0.717, 1.165) is 45.8 Å². The molecule has 1 rings (SSSR count). The third-order valence-electron chi connectivity index (χ3n) is 2.21. The van der Waals surface area contributed by atoms with Crippen molar-refractivity contribution < 1.29 is 0 Å². The molecular weight excluding hydrogens is 176 g/mol. The molecule has 1 heterocycles. The minimum atomic E-state index is 0.903. The predicted octanol–water partition coefficient (Wildman–Crippen LogP) is -0.380. The number of rotatable bonds is 0. The topological polar surface area (TPSA) is 48.5 Å². The Bertz CT molecular complexity index is 131. The highest BCUT2D eigenvalue weighted by molar-refractivity contribution is 5.59. The maximum absolute atomic E-state index is 4.32. The van der Waals surface area contributed by atoms with Gasteiger partial charge in [-0.3, -0.25) is 4.99 Å².